The van der Waals surface area contributed by atoms with Crippen molar-refractivity contribution in [3.8, 4) is 0 Å². The zero-order valence-electron chi connectivity index (χ0n) is 7.29. The molecule has 0 saturated heterocycles. The number of rotatable bonds is 3. The molecule has 0 bridgehead atoms. The van der Waals surface area contributed by atoms with Crippen molar-refractivity contribution in [2.24, 2.45) is 0 Å². The number of hydrogen-bond donors (Lipinski definition) is 1. The van der Waals surface area contributed by atoms with Crippen LogP contribution in [0.3, 0.4) is 0 Å². The van der Waals surface area contributed by atoms with E-state index in [9.17, 15) is 0 Å². The van der Waals surface area contributed by atoms with Crippen molar-refractivity contribution in [3.05, 3.63) is 42.3 Å². The Morgan fingerprint density at radius 1 is 1.38 bits per heavy atom. The molecular formula is C11H11NS. The summed E-state index contributed by atoms with van der Waals surface area (Å²) >= 11 is 1.77. The first-order valence-corrected chi connectivity index (χ1v) is 5.10. The standard InChI is InChI=1S/C11H11NS/c1-2-6-12-10-3-4-11-9(8-10)5-7-13-11/h2-5,7-8,12H,1,6H2. The molecule has 1 N–H and O–H groups in total. The van der Waals surface area contributed by atoms with Gasteiger partial charge in [0.05, 0.1) is 0 Å². The lowest BCUT2D eigenvalue weighted by Crippen LogP contribution is -1.96. The van der Waals surface area contributed by atoms with E-state index in [1.165, 1.54) is 10.1 Å². The van der Waals surface area contributed by atoms with Crippen LogP contribution in [-0.2, 0) is 0 Å². The van der Waals surface area contributed by atoms with Crippen LogP contribution in [0.1, 0.15) is 0 Å². The van der Waals surface area contributed by atoms with E-state index < -0.39 is 0 Å². The molecule has 0 aliphatic carbocycles. The average molecular weight is 189 g/mol. The molecule has 0 fully saturated rings. The molecule has 0 amide bonds. The predicted octanol–water partition coefficient (Wildman–Crippen LogP) is 3.50. The molecule has 2 rings (SSSR count). The van der Waals surface area contributed by atoms with E-state index in [-0.39, 0.29) is 0 Å². The van der Waals surface area contributed by atoms with Crippen molar-refractivity contribution in [1.29, 1.82) is 0 Å². The minimum absolute atomic E-state index is 0.815. The monoisotopic (exact) mass is 189 g/mol. The second kappa shape index (κ2) is 3.62. The van der Waals surface area contributed by atoms with Crippen molar-refractivity contribution >= 4 is 27.1 Å². The van der Waals surface area contributed by atoms with Crippen LogP contribution in [0.15, 0.2) is 42.3 Å². The van der Waals surface area contributed by atoms with Gasteiger partial charge in [0.15, 0.2) is 0 Å². The van der Waals surface area contributed by atoms with Gasteiger partial charge >= 0.3 is 0 Å². The van der Waals surface area contributed by atoms with Crippen molar-refractivity contribution in [3.63, 3.8) is 0 Å². The van der Waals surface area contributed by atoms with Gasteiger partial charge in [0.2, 0.25) is 0 Å². The Hall–Kier alpha value is -1.28. The van der Waals surface area contributed by atoms with Gasteiger partial charge in [0, 0.05) is 16.9 Å². The lowest BCUT2D eigenvalue weighted by molar-refractivity contribution is 1.35. The summed E-state index contributed by atoms with van der Waals surface area (Å²) in [5.74, 6) is 0. The Balaban J connectivity index is 2.31. The maximum absolute atomic E-state index is 3.67. The summed E-state index contributed by atoms with van der Waals surface area (Å²) in [5.41, 5.74) is 1.16. The Morgan fingerprint density at radius 2 is 2.31 bits per heavy atom. The largest absolute Gasteiger partial charge is 0.382 e. The molecule has 1 heterocycles. The third-order valence-corrected chi connectivity index (χ3v) is 2.80. The molecule has 66 valence electrons. The number of hydrogen-bond acceptors (Lipinski definition) is 2. The summed E-state index contributed by atoms with van der Waals surface area (Å²) in [5, 5.41) is 6.68. The van der Waals surface area contributed by atoms with Gasteiger partial charge in [-0.05, 0) is 35.0 Å². The first kappa shape index (κ1) is 8.32. The average Bonchev–Trinajstić information content (AvgIpc) is 2.61. The van der Waals surface area contributed by atoms with Crippen molar-refractivity contribution in [1.82, 2.24) is 0 Å². The molecule has 0 aliphatic heterocycles. The van der Waals surface area contributed by atoms with Gasteiger partial charge in [-0.1, -0.05) is 6.08 Å². The maximum Gasteiger partial charge on any atom is 0.0349 e. The van der Waals surface area contributed by atoms with E-state index in [4.69, 9.17) is 0 Å². The number of nitrogens with one attached hydrogen (secondary N) is 1. The summed E-state index contributed by atoms with van der Waals surface area (Å²) in [6, 6.07) is 8.54. The van der Waals surface area contributed by atoms with E-state index in [1.807, 2.05) is 6.08 Å². The number of benzene rings is 1. The second-order valence-corrected chi connectivity index (χ2v) is 3.79. The smallest absolute Gasteiger partial charge is 0.0349 e. The van der Waals surface area contributed by atoms with E-state index >= 15 is 0 Å². The van der Waals surface area contributed by atoms with Crippen LogP contribution in [-0.4, -0.2) is 6.54 Å². The molecule has 0 atom stereocenters. The SMILES string of the molecule is C=CCNc1ccc2sccc2c1. The third-order valence-electron chi connectivity index (χ3n) is 1.90. The normalized spacial score (nSPS) is 10.2. The summed E-state index contributed by atoms with van der Waals surface area (Å²) in [6.07, 6.45) is 1.86. The molecule has 1 aromatic carbocycles. The van der Waals surface area contributed by atoms with Gasteiger partial charge in [-0.2, -0.15) is 0 Å². The van der Waals surface area contributed by atoms with Gasteiger partial charge in [-0.15, -0.1) is 17.9 Å². The van der Waals surface area contributed by atoms with E-state index in [1.54, 1.807) is 11.3 Å². The Kier molecular flexibility index (Phi) is 2.32. The molecule has 2 heteroatoms. The van der Waals surface area contributed by atoms with E-state index in [0.29, 0.717) is 0 Å². The Bertz CT molecular complexity index is 417. The fourth-order valence-electron chi connectivity index (χ4n) is 1.27. The van der Waals surface area contributed by atoms with Gasteiger partial charge < -0.3 is 5.32 Å². The van der Waals surface area contributed by atoms with Crippen molar-refractivity contribution in [2.45, 2.75) is 0 Å². The first-order valence-electron chi connectivity index (χ1n) is 4.22. The van der Waals surface area contributed by atoms with Gasteiger partial charge in [0.1, 0.15) is 0 Å². The highest BCUT2D eigenvalue weighted by Gasteiger charge is 1.95. The molecule has 13 heavy (non-hydrogen) atoms. The Labute approximate surface area is 81.7 Å². The fourth-order valence-corrected chi connectivity index (χ4v) is 2.04. The minimum atomic E-state index is 0.815. The van der Waals surface area contributed by atoms with Crippen LogP contribution >= 0.6 is 11.3 Å². The summed E-state index contributed by atoms with van der Waals surface area (Å²) in [7, 11) is 0. The summed E-state index contributed by atoms with van der Waals surface area (Å²) < 4.78 is 1.34. The lowest BCUT2D eigenvalue weighted by Gasteiger charge is -2.02. The zero-order chi connectivity index (χ0) is 9.10. The summed E-state index contributed by atoms with van der Waals surface area (Å²) in [4.78, 5) is 0. The maximum atomic E-state index is 3.67. The number of thiophene rings is 1. The minimum Gasteiger partial charge on any atom is -0.382 e. The van der Waals surface area contributed by atoms with Crippen LogP contribution in [0.2, 0.25) is 0 Å². The lowest BCUT2D eigenvalue weighted by atomic mass is 10.2. The zero-order valence-corrected chi connectivity index (χ0v) is 8.10. The van der Waals surface area contributed by atoms with Gasteiger partial charge in [-0.25, -0.2) is 0 Å². The molecule has 0 radical (unpaired) electrons. The van der Waals surface area contributed by atoms with Crippen LogP contribution in [0.25, 0.3) is 10.1 Å². The van der Waals surface area contributed by atoms with E-state index in [0.717, 1.165) is 12.2 Å². The molecule has 0 saturated carbocycles. The van der Waals surface area contributed by atoms with Crippen LogP contribution < -0.4 is 5.32 Å². The molecule has 1 nitrogen and oxygen atoms in total. The van der Waals surface area contributed by atoms with Crippen molar-refractivity contribution in [2.75, 3.05) is 11.9 Å². The summed E-state index contributed by atoms with van der Waals surface area (Å²) in [6.45, 7) is 4.48. The number of fused-ring (bicyclic) bond motifs is 1. The molecule has 0 spiro atoms. The Morgan fingerprint density at radius 3 is 3.15 bits per heavy atom. The molecule has 2 aromatic rings. The molecule has 1 aromatic heterocycles. The first-order chi connectivity index (χ1) is 6.40. The highest BCUT2D eigenvalue weighted by Crippen LogP contribution is 2.23. The van der Waals surface area contributed by atoms with E-state index in [2.05, 4.69) is 41.5 Å². The topological polar surface area (TPSA) is 12.0 Å². The quantitative estimate of drug-likeness (QED) is 0.729. The number of anilines is 1. The van der Waals surface area contributed by atoms with Crippen LogP contribution in [0.5, 0.6) is 0 Å². The van der Waals surface area contributed by atoms with Crippen LogP contribution in [0, 0.1) is 0 Å². The van der Waals surface area contributed by atoms with Gasteiger partial charge in [0.25, 0.3) is 0 Å². The van der Waals surface area contributed by atoms with Crippen molar-refractivity contribution < 1.29 is 0 Å². The molecule has 0 aliphatic rings. The highest BCUT2D eigenvalue weighted by molar-refractivity contribution is 7.17. The molecular weight excluding hydrogens is 178 g/mol. The second-order valence-electron chi connectivity index (χ2n) is 2.84. The van der Waals surface area contributed by atoms with Gasteiger partial charge in [-0.3, -0.25) is 0 Å². The molecule has 0 unspecified atom stereocenters. The van der Waals surface area contributed by atoms with Crippen LogP contribution in [0.4, 0.5) is 5.69 Å². The third kappa shape index (κ3) is 1.73. The highest BCUT2D eigenvalue weighted by atomic mass is 32.1. The predicted molar refractivity (Wildman–Crippen MR) is 60.5 cm³/mol. The fraction of sp³-hybridized carbons (Fsp3) is 0.0909.